The van der Waals surface area contributed by atoms with E-state index in [1.807, 2.05) is 48.5 Å². The van der Waals surface area contributed by atoms with Crippen LogP contribution in [-0.4, -0.2) is 15.3 Å². The van der Waals surface area contributed by atoms with E-state index >= 15 is 0 Å². The van der Waals surface area contributed by atoms with Crippen molar-refractivity contribution < 1.29 is 9.18 Å². The van der Waals surface area contributed by atoms with Crippen molar-refractivity contribution in [1.82, 2.24) is 9.55 Å². The molecule has 0 atom stereocenters. The monoisotopic (exact) mass is 342 g/mol. The smallest absolute Gasteiger partial charge is 0.166 e. The van der Waals surface area contributed by atoms with E-state index in [-0.39, 0.29) is 11.6 Å². The fourth-order valence-corrected chi connectivity index (χ4v) is 3.68. The summed E-state index contributed by atoms with van der Waals surface area (Å²) >= 11 is 0. The fraction of sp³-hybridized carbons (Fsp3) is 0.0909. The van der Waals surface area contributed by atoms with Gasteiger partial charge in [0.25, 0.3) is 0 Å². The Morgan fingerprint density at radius 3 is 2.46 bits per heavy atom. The molecule has 0 saturated heterocycles. The molecule has 2 heterocycles. The summed E-state index contributed by atoms with van der Waals surface area (Å²) in [5.74, 6) is 0.800. The minimum Gasteiger partial charge on any atom is -0.323 e. The summed E-state index contributed by atoms with van der Waals surface area (Å²) in [7, 11) is 0. The minimum atomic E-state index is -0.243. The van der Waals surface area contributed by atoms with Gasteiger partial charge in [-0.05, 0) is 35.4 Å². The maximum absolute atomic E-state index is 13.4. The van der Waals surface area contributed by atoms with Crippen molar-refractivity contribution in [3.8, 4) is 22.5 Å². The van der Waals surface area contributed by atoms with Crippen LogP contribution in [0, 0.1) is 5.82 Å². The minimum absolute atomic E-state index is 0.177. The highest BCUT2D eigenvalue weighted by Gasteiger charge is 2.23. The zero-order valence-corrected chi connectivity index (χ0v) is 13.9. The Kier molecular flexibility index (Phi) is 3.25. The van der Waals surface area contributed by atoms with Gasteiger partial charge >= 0.3 is 0 Å². The van der Waals surface area contributed by atoms with Crippen molar-refractivity contribution in [2.24, 2.45) is 0 Å². The zero-order chi connectivity index (χ0) is 17.7. The lowest BCUT2D eigenvalue weighted by atomic mass is 10.0. The largest absolute Gasteiger partial charge is 0.323 e. The molecule has 0 N–H and O–H groups in total. The van der Waals surface area contributed by atoms with Crippen LogP contribution in [0.2, 0.25) is 0 Å². The number of hydrogen-bond acceptors (Lipinski definition) is 2. The molecule has 3 aromatic carbocycles. The normalized spacial score (nSPS) is 13.3. The van der Waals surface area contributed by atoms with Crippen LogP contribution in [-0.2, 0) is 6.54 Å². The van der Waals surface area contributed by atoms with Gasteiger partial charge < -0.3 is 4.57 Å². The first-order valence-corrected chi connectivity index (χ1v) is 8.59. The molecule has 26 heavy (non-hydrogen) atoms. The summed E-state index contributed by atoms with van der Waals surface area (Å²) in [5, 5.41) is 0. The average Bonchev–Trinajstić information content (AvgIpc) is 3.05. The van der Waals surface area contributed by atoms with Crippen molar-refractivity contribution in [3.05, 3.63) is 78.1 Å². The van der Waals surface area contributed by atoms with Gasteiger partial charge in [0.05, 0.1) is 11.0 Å². The summed E-state index contributed by atoms with van der Waals surface area (Å²) in [6.07, 6.45) is 0.497. The van der Waals surface area contributed by atoms with Crippen LogP contribution >= 0.6 is 0 Å². The van der Waals surface area contributed by atoms with E-state index in [1.54, 1.807) is 6.07 Å². The predicted molar refractivity (Wildman–Crippen MR) is 99.5 cm³/mol. The molecular weight excluding hydrogens is 327 g/mol. The van der Waals surface area contributed by atoms with Crippen molar-refractivity contribution >= 4 is 16.8 Å². The Bertz CT molecular complexity index is 1160. The van der Waals surface area contributed by atoms with Gasteiger partial charge in [0.1, 0.15) is 11.6 Å². The molecule has 4 heteroatoms. The number of Topliss-reactive ketones (excluding diaryl/α,β-unsaturated/α-hetero) is 1. The molecule has 1 aliphatic heterocycles. The highest BCUT2D eigenvalue weighted by molar-refractivity contribution is 6.08. The van der Waals surface area contributed by atoms with Gasteiger partial charge in [0, 0.05) is 24.1 Å². The number of benzene rings is 3. The molecule has 1 aliphatic rings. The molecule has 0 bridgehead atoms. The van der Waals surface area contributed by atoms with Crippen molar-refractivity contribution in [2.45, 2.75) is 13.0 Å². The van der Waals surface area contributed by atoms with Crippen LogP contribution in [0.25, 0.3) is 33.5 Å². The van der Waals surface area contributed by atoms with Gasteiger partial charge in [-0.25, -0.2) is 9.37 Å². The predicted octanol–water partition coefficient (Wildman–Crippen LogP) is 5.10. The van der Waals surface area contributed by atoms with E-state index in [1.165, 1.54) is 12.1 Å². The molecule has 0 saturated carbocycles. The molecule has 0 amide bonds. The van der Waals surface area contributed by atoms with Gasteiger partial charge in [-0.3, -0.25) is 4.79 Å². The van der Waals surface area contributed by atoms with Gasteiger partial charge in [-0.2, -0.15) is 0 Å². The van der Waals surface area contributed by atoms with Crippen molar-refractivity contribution in [3.63, 3.8) is 0 Å². The van der Waals surface area contributed by atoms with Crippen LogP contribution in [0.15, 0.2) is 66.7 Å². The number of aromatic nitrogens is 2. The Morgan fingerprint density at radius 1 is 0.885 bits per heavy atom. The second kappa shape index (κ2) is 5.63. The number of nitrogens with zero attached hydrogens (tertiary/aromatic N) is 2. The maximum atomic E-state index is 13.4. The highest BCUT2D eigenvalue weighted by Crippen LogP contribution is 2.32. The molecule has 0 fully saturated rings. The first-order valence-electron chi connectivity index (χ1n) is 8.59. The molecule has 0 aliphatic carbocycles. The van der Waals surface area contributed by atoms with Crippen molar-refractivity contribution in [1.29, 1.82) is 0 Å². The number of para-hydroxylation sites is 1. The summed E-state index contributed by atoms with van der Waals surface area (Å²) in [6.45, 7) is 0.646. The number of carbonyl (C=O) groups is 1. The summed E-state index contributed by atoms with van der Waals surface area (Å²) in [6, 6.07) is 20.2. The second-order valence-electron chi connectivity index (χ2n) is 6.52. The lowest BCUT2D eigenvalue weighted by Crippen LogP contribution is -2.14. The number of rotatable bonds is 2. The van der Waals surface area contributed by atoms with Gasteiger partial charge in [-0.15, -0.1) is 0 Å². The zero-order valence-electron chi connectivity index (χ0n) is 13.9. The summed E-state index contributed by atoms with van der Waals surface area (Å²) in [4.78, 5) is 16.9. The van der Waals surface area contributed by atoms with E-state index in [2.05, 4.69) is 4.57 Å². The van der Waals surface area contributed by atoms with Gasteiger partial charge in [0.2, 0.25) is 0 Å². The van der Waals surface area contributed by atoms with E-state index in [0.29, 0.717) is 13.0 Å². The highest BCUT2D eigenvalue weighted by atomic mass is 19.1. The number of ketones is 1. The molecule has 0 radical (unpaired) electrons. The molecule has 4 aromatic rings. The van der Waals surface area contributed by atoms with Gasteiger partial charge in [-0.1, -0.05) is 42.5 Å². The number of imidazole rings is 1. The topological polar surface area (TPSA) is 34.9 Å². The maximum Gasteiger partial charge on any atom is 0.166 e. The van der Waals surface area contributed by atoms with Crippen LogP contribution in [0.4, 0.5) is 4.39 Å². The molecule has 1 aromatic heterocycles. The second-order valence-corrected chi connectivity index (χ2v) is 6.52. The number of carbonyl (C=O) groups excluding carboxylic acids is 1. The molecule has 126 valence electrons. The Balaban J connectivity index is 1.62. The third kappa shape index (κ3) is 2.26. The lowest BCUT2D eigenvalue weighted by Gasteiger charge is -2.16. The third-order valence-corrected chi connectivity index (χ3v) is 4.93. The Labute approximate surface area is 149 Å². The number of halogens is 1. The van der Waals surface area contributed by atoms with E-state index in [4.69, 9.17) is 4.98 Å². The first kappa shape index (κ1) is 15.0. The Morgan fingerprint density at radius 2 is 1.65 bits per heavy atom. The molecule has 3 nitrogen and oxygen atoms in total. The lowest BCUT2D eigenvalue weighted by molar-refractivity contribution is 0.0973. The fourth-order valence-electron chi connectivity index (χ4n) is 3.68. The molecule has 5 rings (SSSR count). The van der Waals surface area contributed by atoms with Crippen LogP contribution in [0.5, 0.6) is 0 Å². The number of aryl methyl sites for hydroxylation is 1. The quantitative estimate of drug-likeness (QED) is 0.508. The number of hydrogen-bond donors (Lipinski definition) is 0. The summed E-state index contributed by atoms with van der Waals surface area (Å²) in [5.41, 5.74) is 5.32. The van der Waals surface area contributed by atoms with Crippen LogP contribution < -0.4 is 0 Å². The first-order chi connectivity index (χ1) is 12.7. The van der Waals surface area contributed by atoms with E-state index < -0.39 is 0 Å². The summed E-state index contributed by atoms with van der Waals surface area (Å²) < 4.78 is 15.6. The molecular formula is C22H15FN2O. The molecule has 0 unspecified atom stereocenters. The third-order valence-electron chi connectivity index (χ3n) is 4.93. The Hall–Kier alpha value is -3.27. The standard InChI is InChI=1S/C22H15FN2O/c23-17-4-1-3-16(13-17)14-7-9-15(10-8-14)22-24-19-6-2-5-18-20(26)11-12-25(22)21(18)19/h1-10,13H,11-12H2. The average molecular weight is 342 g/mol. The SMILES string of the molecule is O=C1CCn2c(-c3ccc(-c4cccc(F)c4)cc3)nc3cccc1c32. The van der Waals surface area contributed by atoms with E-state index in [0.717, 1.165) is 39.1 Å². The van der Waals surface area contributed by atoms with Crippen molar-refractivity contribution in [2.75, 3.05) is 0 Å². The van der Waals surface area contributed by atoms with Crippen LogP contribution in [0.3, 0.4) is 0 Å². The van der Waals surface area contributed by atoms with E-state index in [9.17, 15) is 9.18 Å². The molecule has 0 spiro atoms. The van der Waals surface area contributed by atoms with Gasteiger partial charge in [0.15, 0.2) is 5.78 Å². The van der Waals surface area contributed by atoms with Crippen LogP contribution in [0.1, 0.15) is 16.8 Å².